The van der Waals surface area contributed by atoms with Crippen LogP contribution in [-0.2, 0) is 0 Å². The van der Waals surface area contributed by atoms with Gasteiger partial charge < -0.3 is 0 Å². The monoisotopic (exact) mass is 171 g/mol. The van der Waals surface area contributed by atoms with E-state index in [0.29, 0.717) is 5.92 Å². The Hall–Kier alpha value is -1.37. The second kappa shape index (κ2) is 3.56. The Labute approximate surface area is 78.8 Å². The maximum Gasteiger partial charge on any atom is 0.0661 e. The average molecular weight is 171 g/mol. The predicted octanol–water partition coefficient (Wildman–Crippen LogP) is 3.16. The third kappa shape index (κ3) is 1.55. The van der Waals surface area contributed by atoms with Crippen LogP contribution in [0.2, 0.25) is 0 Å². The van der Waals surface area contributed by atoms with Crippen molar-refractivity contribution in [1.29, 1.82) is 0 Å². The van der Waals surface area contributed by atoms with Crippen LogP contribution in [0.4, 0.5) is 0 Å². The van der Waals surface area contributed by atoms with Crippen molar-refractivity contribution in [3.05, 3.63) is 48.3 Å². The van der Waals surface area contributed by atoms with Crippen LogP contribution < -0.4 is 0 Å². The largest absolute Gasteiger partial charge is 0.257 e. The summed E-state index contributed by atoms with van der Waals surface area (Å²) in [4.78, 5) is 4.33. The van der Waals surface area contributed by atoms with Crippen LogP contribution in [0.15, 0.2) is 37.1 Å². The third-order valence-corrected chi connectivity index (χ3v) is 2.46. The highest BCUT2D eigenvalue weighted by Crippen LogP contribution is 2.30. The molecule has 0 N–H and O–H groups in total. The lowest BCUT2D eigenvalue weighted by atomic mass is 9.88. The molecule has 1 nitrogen and oxygen atoms in total. The summed E-state index contributed by atoms with van der Waals surface area (Å²) in [6, 6.07) is 4.17. The summed E-state index contributed by atoms with van der Waals surface area (Å²) in [6.45, 7) is 3.78. The number of rotatable bonds is 2. The normalized spacial score (nSPS) is 19.5. The minimum atomic E-state index is 0.589. The SMILES string of the molecule is C=CC[C@H]1CC=Cc2ncccc21. The van der Waals surface area contributed by atoms with Gasteiger partial charge in [-0.25, -0.2) is 0 Å². The minimum absolute atomic E-state index is 0.589. The smallest absolute Gasteiger partial charge is 0.0661 e. The van der Waals surface area contributed by atoms with Crippen LogP contribution in [0, 0.1) is 0 Å². The third-order valence-electron chi connectivity index (χ3n) is 2.46. The number of hydrogen-bond acceptors (Lipinski definition) is 1. The lowest BCUT2D eigenvalue weighted by Crippen LogP contribution is -2.04. The Morgan fingerprint density at radius 2 is 2.54 bits per heavy atom. The van der Waals surface area contributed by atoms with Gasteiger partial charge in [-0.15, -0.1) is 6.58 Å². The maximum atomic E-state index is 4.33. The van der Waals surface area contributed by atoms with E-state index in [1.54, 1.807) is 0 Å². The van der Waals surface area contributed by atoms with Gasteiger partial charge in [0.25, 0.3) is 0 Å². The maximum absolute atomic E-state index is 4.33. The van der Waals surface area contributed by atoms with Gasteiger partial charge in [-0.2, -0.15) is 0 Å². The molecule has 0 aromatic carbocycles. The minimum Gasteiger partial charge on any atom is -0.257 e. The topological polar surface area (TPSA) is 12.9 Å². The molecule has 1 heterocycles. The summed E-state index contributed by atoms with van der Waals surface area (Å²) in [5, 5.41) is 0. The van der Waals surface area contributed by atoms with Gasteiger partial charge in [0.1, 0.15) is 0 Å². The van der Waals surface area contributed by atoms with Gasteiger partial charge in [0.05, 0.1) is 5.69 Å². The van der Waals surface area contributed by atoms with Crippen LogP contribution in [-0.4, -0.2) is 4.98 Å². The fourth-order valence-electron chi connectivity index (χ4n) is 1.81. The Morgan fingerprint density at radius 1 is 1.62 bits per heavy atom. The molecule has 1 aromatic rings. The van der Waals surface area contributed by atoms with Crippen LogP contribution in [0.1, 0.15) is 30.0 Å². The van der Waals surface area contributed by atoms with Gasteiger partial charge in [-0.05, 0) is 36.5 Å². The zero-order valence-electron chi connectivity index (χ0n) is 7.61. The molecule has 0 radical (unpaired) electrons. The van der Waals surface area contributed by atoms with Gasteiger partial charge in [-0.3, -0.25) is 4.98 Å². The Balaban J connectivity index is 2.37. The summed E-state index contributed by atoms with van der Waals surface area (Å²) < 4.78 is 0. The first-order chi connectivity index (χ1) is 6.42. The summed E-state index contributed by atoms with van der Waals surface area (Å²) in [6.07, 6.45) is 10.3. The summed E-state index contributed by atoms with van der Waals surface area (Å²) in [7, 11) is 0. The molecule has 0 amide bonds. The highest BCUT2D eigenvalue weighted by molar-refractivity contribution is 5.53. The zero-order valence-corrected chi connectivity index (χ0v) is 7.61. The number of aromatic nitrogens is 1. The highest BCUT2D eigenvalue weighted by Gasteiger charge is 2.15. The Morgan fingerprint density at radius 3 is 3.38 bits per heavy atom. The van der Waals surface area contributed by atoms with E-state index >= 15 is 0 Å². The molecule has 0 fully saturated rings. The van der Waals surface area contributed by atoms with E-state index in [1.165, 1.54) is 5.56 Å². The summed E-state index contributed by atoms with van der Waals surface area (Å²) in [5.41, 5.74) is 2.49. The molecule has 0 spiro atoms. The molecule has 1 aromatic heterocycles. The molecule has 1 atom stereocenters. The van der Waals surface area contributed by atoms with Crippen molar-refractivity contribution < 1.29 is 0 Å². The molecule has 1 heteroatoms. The van der Waals surface area contributed by atoms with Gasteiger partial charge >= 0.3 is 0 Å². The lowest BCUT2D eigenvalue weighted by Gasteiger charge is -2.18. The second-order valence-corrected chi connectivity index (χ2v) is 3.34. The first-order valence-electron chi connectivity index (χ1n) is 4.64. The number of fused-ring (bicyclic) bond motifs is 1. The number of pyridine rings is 1. The summed E-state index contributed by atoms with van der Waals surface area (Å²) >= 11 is 0. The van der Waals surface area contributed by atoms with E-state index in [0.717, 1.165) is 18.5 Å². The van der Waals surface area contributed by atoms with E-state index in [2.05, 4.69) is 29.8 Å². The molecule has 1 aliphatic carbocycles. The van der Waals surface area contributed by atoms with E-state index in [-0.39, 0.29) is 0 Å². The zero-order chi connectivity index (χ0) is 9.10. The average Bonchev–Trinajstić information content (AvgIpc) is 2.19. The van der Waals surface area contributed by atoms with Crippen LogP contribution >= 0.6 is 0 Å². The lowest BCUT2D eigenvalue weighted by molar-refractivity contribution is 0.700. The van der Waals surface area contributed by atoms with Gasteiger partial charge in [-0.1, -0.05) is 18.2 Å². The fraction of sp³-hybridized carbons (Fsp3) is 0.250. The Bertz CT molecular complexity index is 339. The quantitative estimate of drug-likeness (QED) is 0.623. The first-order valence-corrected chi connectivity index (χ1v) is 4.64. The number of allylic oxidation sites excluding steroid dienone is 2. The fourth-order valence-corrected chi connectivity index (χ4v) is 1.81. The molecule has 0 unspecified atom stereocenters. The standard InChI is InChI=1S/C12H13N/c1-2-5-10-6-3-8-12-11(10)7-4-9-13-12/h2-4,7-10H,1,5-6H2/t10-/m0/s1. The van der Waals surface area contributed by atoms with Gasteiger partial charge in [0.15, 0.2) is 0 Å². The molecule has 0 aliphatic heterocycles. The molecule has 0 bridgehead atoms. The molecular formula is C12H13N. The molecule has 1 aliphatic rings. The molecule has 66 valence electrons. The molecular weight excluding hydrogens is 158 g/mol. The van der Waals surface area contributed by atoms with E-state index in [9.17, 15) is 0 Å². The first kappa shape index (κ1) is 8.24. The van der Waals surface area contributed by atoms with Crippen molar-refractivity contribution >= 4 is 6.08 Å². The highest BCUT2D eigenvalue weighted by atomic mass is 14.7. The van der Waals surface area contributed by atoms with E-state index in [4.69, 9.17) is 0 Å². The van der Waals surface area contributed by atoms with Crippen LogP contribution in [0.3, 0.4) is 0 Å². The van der Waals surface area contributed by atoms with Crippen LogP contribution in [0.5, 0.6) is 0 Å². The van der Waals surface area contributed by atoms with Gasteiger partial charge in [0, 0.05) is 6.20 Å². The van der Waals surface area contributed by atoms with Crippen molar-refractivity contribution in [2.24, 2.45) is 0 Å². The van der Waals surface area contributed by atoms with Crippen molar-refractivity contribution in [3.8, 4) is 0 Å². The van der Waals surface area contributed by atoms with E-state index in [1.807, 2.05) is 18.3 Å². The van der Waals surface area contributed by atoms with Crippen molar-refractivity contribution in [3.63, 3.8) is 0 Å². The second-order valence-electron chi connectivity index (χ2n) is 3.34. The van der Waals surface area contributed by atoms with Crippen molar-refractivity contribution in [2.45, 2.75) is 18.8 Å². The molecule has 0 saturated carbocycles. The van der Waals surface area contributed by atoms with E-state index < -0.39 is 0 Å². The predicted molar refractivity (Wildman–Crippen MR) is 55.4 cm³/mol. The number of hydrogen-bond donors (Lipinski definition) is 0. The van der Waals surface area contributed by atoms with Gasteiger partial charge in [0.2, 0.25) is 0 Å². The Kier molecular flexibility index (Phi) is 2.26. The van der Waals surface area contributed by atoms with Crippen molar-refractivity contribution in [2.75, 3.05) is 0 Å². The van der Waals surface area contributed by atoms with Crippen molar-refractivity contribution in [1.82, 2.24) is 4.98 Å². The van der Waals surface area contributed by atoms with Crippen LogP contribution in [0.25, 0.3) is 6.08 Å². The molecule has 2 rings (SSSR count). The number of nitrogens with zero attached hydrogens (tertiary/aromatic N) is 1. The molecule has 13 heavy (non-hydrogen) atoms. The summed E-state index contributed by atoms with van der Waals surface area (Å²) in [5.74, 6) is 0.589. The molecule has 0 saturated heterocycles.